The molecule has 1 aromatic heterocycles. The van der Waals surface area contributed by atoms with Gasteiger partial charge in [0.1, 0.15) is 0 Å². The van der Waals surface area contributed by atoms with Crippen LogP contribution in [0.25, 0.3) is 67.0 Å². The number of hydrogen-bond acceptors (Lipinski definition) is 2. The molecule has 1 heterocycles. The Kier molecular flexibility index (Phi) is 3.35. The minimum absolute atomic E-state index is 0.778. The van der Waals surface area contributed by atoms with E-state index in [1.165, 1.54) is 94.6 Å². The van der Waals surface area contributed by atoms with Gasteiger partial charge in [0.15, 0.2) is 5.82 Å². The highest BCUT2D eigenvalue weighted by Gasteiger charge is 2.41. The van der Waals surface area contributed by atoms with Gasteiger partial charge in [-0.05, 0) is 126 Å². The summed E-state index contributed by atoms with van der Waals surface area (Å²) in [5.41, 5.74) is 27.5. The summed E-state index contributed by atoms with van der Waals surface area (Å²) in [6.07, 6.45) is 8.13. The highest BCUT2D eigenvalue weighted by atomic mass is 14.9. The average molecular weight is 507 g/mol. The highest BCUT2D eigenvalue weighted by Crippen LogP contribution is 2.63. The fraction of sp³-hybridized carbons (Fsp3) is 0.105. The molecule has 0 aliphatic heterocycles. The predicted molar refractivity (Wildman–Crippen MR) is 159 cm³/mol. The van der Waals surface area contributed by atoms with Crippen LogP contribution in [0.1, 0.15) is 44.5 Å². The lowest BCUT2D eigenvalue weighted by molar-refractivity contribution is 1.17. The fourth-order valence-electron chi connectivity index (χ4n) is 8.60. The summed E-state index contributed by atoms with van der Waals surface area (Å²) in [7, 11) is 0. The number of nitrogens with zero attached hydrogens (tertiary/aromatic N) is 2. The zero-order valence-electron chi connectivity index (χ0n) is 21.8. The molecule has 5 aliphatic rings. The van der Waals surface area contributed by atoms with Crippen molar-refractivity contribution in [3.05, 3.63) is 130 Å². The molecule has 0 saturated heterocycles. The number of aromatic nitrogens is 2. The summed E-state index contributed by atoms with van der Waals surface area (Å²) in [5, 5.41) is 0. The van der Waals surface area contributed by atoms with Crippen LogP contribution in [0.3, 0.4) is 0 Å². The number of hydrogen-bond donors (Lipinski definition) is 0. The molecule has 0 spiro atoms. The lowest BCUT2D eigenvalue weighted by Crippen LogP contribution is -1.98. The molecule has 11 rings (SSSR count). The second-order valence-corrected chi connectivity index (χ2v) is 12.1. The first kappa shape index (κ1) is 20.1. The molecule has 2 heteroatoms. The number of benzene rings is 5. The SMILES string of the molecule is c1ccc(-c2ncc(-c3cc4c5c6c3Cc3ccc7c(c3-6)-c3c(ccc6c3-c3c(ccc(c3-5)C4)C6)C7)cn2)cc1. The zero-order valence-corrected chi connectivity index (χ0v) is 21.8. The Morgan fingerprint density at radius 3 is 1.40 bits per heavy atom. The smallest absolute Gasteiger partial charge is 0.159 e. The van der Waals surface area contributed by atoms with E-state index in [2.05, 4.69) is 54.6 Å². The van der Waals surface area contributed by atoms with Crippen LogP contribution in [0.4, 0.5) is 0 Å². The Labute approximate surface area is 232 Å². The predicted octanol–water partition coefficient (Wildman–Crippen LogP) is 8.41. The minimum Gasteiger partial charge on any atom is -0.236 e. The largest absolute Gasteiger partial charge is 0.236 e. The molecular formula is C38H22N2. The molecule has 6 aromatic rings. The van der Waals surface area contributed by atoms with Gasteiger partial charge in [-0.2, -0.15) is 0 Å². The highest BCUT2D eigenvalue weighted by molar-refractivity contribution is 6.14. The van der Waals surface area contributed by atoms with E-state index in [1.807, 2.05) is 30.6 Å². The van der Waals surface area contributed by atoms with Crippen molar-refractivity contribution in [1.82, 2.24) is 9.97 Å². The maximum atomic E-state index is 4.84. The minimum atomic E-state index is 0.778. The van der Waals surface area contributed by atoms with E-state index in [0.29, 0.717) is 0 Å². The second-order valence-electron chi connectivity index (χ2n) is 12.1. The molecule has 5 aliphatic carbocycles. The summed E-state index contributed by atoms with van der Waals surface area (Å²) >= 11 is 0. The molecule has 0 saturated carbocycles. The number of rotatable bonds is 2. The van der Waals surface area contributed by atoms with Crippen molar-refractivity contribution >= 4 is 0 Å². The third-order valence-corrected chi connectivity index (χ3v) is 10.2. The quantitative estimate of drug-likeness (QED) is 0.235. The normalized spacial score (nSPS) is 14.6. The zero-order chi connectivity index (χ0) is 25.7. The molecule has 0 atom stereocenters. The molecule has 0 N–H and O–H groups in total. The second kappa shape index (κ2) is 6.66. The average Bonchev–Trinajstić information content (AvgIpc) is 3.74. The van der Waals surface area contributed by atoms with Crippen molar-refractivity contribution in [3.8, 4) is 67.0 Å². The van der Waals surface area contributed by atoms with Crippen LogP contribution >= 0.6 is 0 Å². The monoisotopic (exact) mass is 506 g/mol. The molecular weight excluding hydrogens is 484 g/mol. The molecule has 0 bridgehead atoms. The van der Waals surface area contributed by atoms with Gasteiger partial charge in [-0.1, -0.05) is 66.7 Å². The van der Waals surface area contributed by atoms with Gasteiger partial charge in [0.05, 0.1) is 0 Å². The Morgan fingerprint density at radius 2 is 0.850 bits per heavy atom. The van der Waals surface area contributed by atoms with Crippen LogP contribution < -0.4 is 0 Å². The lowest BCUT2D eigenvalue weighted by Gasteiger charge is -2.23. The van der Waals surface area contributed by atoms with Gasteiger partial charge in [0.25, 0.3) is 0 Å². The van der Waals surface area contributed by atoms with Gasteiger partial charge >= 0.3 is 0 Å². The van der Waals surface area contributed by atoms with Crippen LogP contribution in [0.5, 0.6) is 0 Å². The fourth-order valence-corrected chi connectivity index (χ4v) is 8.60. The van der Waals surface area contributed by atoms with Crippen LogP contribution in [-0.4, -0.2) is 9.97 Å². The van der Waals surface area contributed by atoms with E-state index >= 15 is 0 Å². The van der Waals surface area contributed by atoms with Gasteiger partial charge in [-0.3, -0.25) is 0 Å². The van der Waals surface area contributed by atoms with Gasteiger partial charge in [-0.15, -0.1) is 0 Å². The first-order valence-electron chi connectivity index (χ1n) is 14.3. The van der Waals surface area contributed by atoms with E-state index < -0.39 is 0 Å². The van der Waals surface area contributed by atoms with Crippen molar-refractivity contribution in [2.24, 2.45) is 0 Å². The van der Waals surface area contributed by atoms with Crippen molar-refractivity contribution in [2.45, 2.75) is 25.7 Å². The standard InChI is InChI=1S/C38H22N2/c1-2-4-19(5-3-1)38-39-17-27(18-40-38)28-16-26-14-24-9-8-22-12-20-6-7-21-13-23-10-11-25-15-29(28)37-35(25)33(23)31(21)30(20)32(22)34(24)36(26)37/h1-11,16-18H,12-15H2. The molecule has 5 aromatic carbocycles. The van der Waals surface area contributed by atoms with Crippen molar-refractivity contribution < 1.29 is 0 Å². The van der Waals surface area contributed by atoms with Gasteiger partial charge < -0.3 is 0 Å². The maximum Gasteiger partial charge on any atom is 0.159 e. The third-order valence-electron chi connectivity index (χ3n) is 10.2. The summed E-state index contributed by atoms with van der Waals surface area (Å²) in [6, 6.07) is 27.2. The Hall–Kier alpha value is -4.82. The van der Waals surface area contributed by atoms with Gasteiger partial charge in [0.2, 0.25) is 0 Å². The first-order chi connectivity index (χ1) is 19.8. The van der Waals surface area contributed by atoms with Crippen molar-refractivity contribution in [1.29, 1.82) is 0 Å². The van der Waals surface area contributed by atoms with Gasteiger partial charge in [-0.25, -0.2) is 9.97 Å². The summed E-state index contributed by atoms with van der Waals surface area (Å²) in [6.45, 7) is 0. The molecule has 40 heavy (non-hydrogen) atoms. The van der Waals surface area contributed by atoms with E-state index in [1.54, 1.807) is 0 Å². The molecule has 2 nitrogen and oxygen atoms in total. The van der Waals surface area contributed by atoms with Gasteiger partial charge in [0, 0.05) is 23.5 Å². The van der Waals surface area contributed by atoms with Crippen LogP contribution in [0.2, 0.25) is 0 Å². The summed E-state index contributed by atoms with van der Waals surface area (Å²) < 4.78 is 0. The lowest BCUT2D eigenvalue weighted by atomic mass is 9.80. The van der Waals surface area contributed by atoms with Crippen LogP contribution in [0.15, 0.2) is 85.2 Å². The molecule has 0 unspecified atom stereocenters. The Morgan fingerprint density at radius 1 is 0.400 bits per heavy atom. The van der Waals surface area contributed by atoms with Crippen LogP contribution in [0, 0.1) is 0 Å². The first-order valence-corrected chi connectivity index (χ1v) is 14.3. The molecule has 0 radical (unpaired) electrons. The molecule has 184 valence electrons. The van der Waals surface area contributed by atoms with E-state index in [9.17, 15) is 0 Å². The van der Waals surface area contributed by atoms with Crippen molar-refractivity contribution in [3.63, 3.8) is 0 Å². The third kappa shape index (κ3) is 2.23. The summed E-state index contributed by atoms with van der Waals surface area (Å²) in [4.78, 5) is 9.67. The Balaban J connectivity index is 1.25. The van der Waals surface area contributed by atoms with E-state index in [4.69, 9.17) is 9.97 Å². The van der Waals surface area contributed by atoms with E-state index in [-0.39, 0.29) is 0 Å². The van der Waals surface area contributed by atoms with Crippen molar-refractivity contribution in [2.75, 3.05) is 0 Å². The van der Waals surface area contributed by atoms with E-state index in [0.717, 1.165) is 42.6 Å². The maximum absolute atomic E-state index is 4.84. The molecule has 0 amide bonds. The topological polar surface area (TPSA) is 25.8 Å². The summed E-state index contributed by atoms with van der Waals surface area (Å²) in [5.74, 6) is 0.778. The Bertz CT molecular complexity index is 2190. The molecule has 0 fully saturated rings. The van der Waals surface area contributed by atoms with Crippen LogP contribution in [-0.2, 0) is 25.7 Å².